The molecule has 1 aromatic carbocycles. The first-order chi connectivity index (χ1) is 11.5. The van der Waals surface area contributed by atoms with Crippen molar-refractivity contribution in [3.8, 4) is 0 Å². The number of rotatable bonds is 3. The van der Waals surface area contributed by atoms with Crippen LogP contribution in [0.1, 0.15) is 24.0 Å². The first kappa shape index (κ1) is 15.6. The molecule has 2 aliphatic heterocycles. The van der Waals surface area contributed by atoms with E-state index in [-0.39, 0.29) is 24.6 Å². The summed E-state index contributed by atoms with van der Waals surface area (Å²) in [6, 6.07) is 4.90. The van der Waals surface area contributed by atoms with Gasteiger partial charge in [-0.1, -0.05) is 6.07 Å². The molecule has 2 fully saturated rings. The van der Waals surface area contributed by atoms with Gasteiger partial charge >= 0.3 is 6.09 Å². The number of ether oxygens (including phenoxy) is 1. The SMILES string of the molecule is O=C1COC(=O)N1C1CN(S(=O)(=O)c2ccc3c(c2)CCCC3)C1. The predicted molar refractivity (Wildman–Crippen MR) is 83.8 cm³/mol. The molecule has 0 aromatic heterocycles. The first-order valence-corrected chi connectivity index (χ1v) is 9.51. The Labute approximate surface area is 140 Å². The lowest BCUT2D eigenvalue weighted by atomic mass is 9.92. The van der Waals surface area contributed by atoms with E-state index in [1.807, 2.05) is 6.07 Å². The molecule has 7 nitrogen and oxygen atoms in total. The van der Waals surface area contributed by atoms with Crippen LogP contribution in [0.3, 0.4) is 0 Å². The highest BCUT2D eigenvalue weighted by Gasteiger charge is 2.46. The molecule has 0 unspecified atom stereocenters. The van der Waals surface area contributed by atoms with E-state index >= 15 is 0 Å². The highest BCUT2D eigenvalue weighted by molar-refractivity contribution is 7.89. The number of carbonyl (C=O) groups excluding carboxylic acids is 2. The molecule has 0 saturated carbocycles. The Morgan fingerprint density at radius 2 is 1.75 bits per heavy atom. The summed E-state index contributed by atoms with van der Waals surface area (Å²) in [4.78, 5) is 24.5. The zero-order chi connectivity index (χ0) is 16.9. The number of aryl methyl sites for hydroxylation is 2. The molecule has 0 bridgehead atoms. The van der Waals surface area contributed by atoms with E-state index in [0.717, 1.165) is 36.1 Å². The molecule has 24 heavy (non-hydrogen) atoms. The van der Waals surface area contributed by atoms with Crippen molar-refractivity contribution in [2.24, 2.45) is 0 Å². The molecule has 1 aromatic rings. The lowest BCUT2D eigenvalue weighted by molar-refractivity contribution is -0.128. The second kappa shape index (κ2) is 5.56. The van der Waals surface area contributed by atoms with Gasteiger partial charge in [0, 0.05) is 13.1 Å². The zero-order valence-electron chi connectivity index (χ0n) is 13.1. The fourth-order valence-corrected chi connectivity index (χ4v) is 5.08. The Kier molecular flexibility index (Phi) is 3.61. The van der Waals surface area contributed by atoms with Crippen molar-refractivity contribution in [2.75, 3.05) is 19.7 Å². The van der Waals surface area contributed by atoms with Gasteiger partial charge in [0.25, 0.3) is 5.91 Å². The summed E-state index contributed by atoms with van der Waals surface area (Å²) in [6.45, 7) is -0.00653. The number of fused-ring (bicyclic) bond motifs is 1. The summed E-state index contributed by atoms with van der Waals surface area (Å²) in [5, 5.41) is 0. The van der Waals surface area contributed by atoms with Crippen LogP contribution in [-0.2, 0) is 32.4 Å². The zero-order valence-corrected chi connectivity index (χ0v) is 13.9. The molecule has 2 saturated heterocycles. The number of carbonyl (C=O) groups is 2. The van der Waals surface area contributed by atoms with Gasteiger partial charge in [-0.3, -0.25) is 4.79 Å². The van der Waals surface area contributed by atoms with E-state index in [9.17, 15) is 18.0 Å². The Balaban J connectivity index is 1.51. The molecule has 4 rings (SSSR count). The van der Waals surface area contributed by atoms with Crippen LogP contribution in [0.2, 0.25) is 0 Å². The van der Waals surface area contributed by atoms with Crippen molar-refractivity contribution in [1.82, 2.24) is 9.21 Å². The third-order valence-electron chi connectivity index (χ3n) is 4.94. The smallest absolute Gasteiger partial charge is 0.417 e. The Hall–Kier alpha value is -1.93. The van der Waals surface area contributed by atoms with E-state index in [2.05, 4.69) is 4.74 Å². The van der Waals surface area contributed by atoms with Gasteiger partial charge in [0.15, 0.2) is 6.61 Å². The number of hydrogen-bond donors (Lipinski definition) is 0. The molecular weight excluding hydrogens is 332 g/mol. The third kappa shape index (κ3) is 2.41. The quantitative estimate of drug-likeness (QED) is 0.809. The third-order valence-corrected chi connectivity index (χ3v) is 6.76. The summed E-state index contributed by atoms with van der Waals surface area (Å²) in [5.74, 6) is -0.407. The van der Waals surface area contributed by atoms with Gasteiger partial charge in [-0.25, -0.2) is 18.1 Å². The molecule has 0 radical (unpaired) electrons. The van der Waals surface area contributed by atoms with Crippen LogP contribution in [0.4, 0.5) is 4.79 Å². The maximum atomic E-state index is 12.7. The van der Waals surface area contributed by atoms with E-state index in [1.165, 1.54) is 9.87 Å². The summed E-state index contributed by atoms with van der Waals surface area (Å²) >= 11 is 0. The van der Waals surface area contributed by atoms with Gasteiger partial charge in [0.1, 0.15) is 0 Å². The van der Waals surface area contributed by atoms with Crippen molar-refractivity contribution in [1.29, 1.82) is 0 Å². The summed E-state index contributed by atoms with van der Waals surface area (Å²) in [7, 11) is -3.59. The Bertz CT molecular complexity index is 798. The monoisotopic (exact) mass is 350 g/mol. The van der Waals surface area contributed by atoms with Crippen LogP contribution in [0.15, 0.2) is 23.1 Å². The molecule has 0 atom stereocenters. The molecule has 2 heterocycles. The second-order valence-corrected chi connectivity index (χ2v) is 8.37. The van der Waals surface area contributed by atoms with Crippen molar-refractivity contribution in [3.05, 3.63) is 29.3 Å². The molecule has 1 aliphatic carbocycles. The van der Waals surface area contributed by atoms with Gasteiger partial charge < -0.3 is 4.74 Å². The van der Waals surface area contributed by atoms with Gasteiger partial charge in [0.05, 0.1) is 10.9 Å². The Morgan fingerprint density at radius 1 is 1.04 bits per heavy atom. The van der Waals surface area contributed by atoms with Crippen LogP contribution in [0.5, 0.6) is 0 Å². The minimum Gasteiger partial charge on any atom is -0.439 e. The molecule has 8 heteroatoms. The van der Waals surface area contributed by atoms with Crippen molar-refractivity contribution < 1.29 is 22.7 Å². The van der Waals surface area contributed by atoms with Gasteiger partial charge in [-0.05, 0) is 48.9 Å². The van der Waals surface area contributed by atoms with E-state index in [4.69, 9.17) is 0 Å². The lowest BCUT2D eigenvalue weighted by Gasteiger charge is -2.40. The number of nitrogens with zero attached hydrogens (tertiary/aromatic N) is 2. The molecule has 0 N–H and O–H groups in total. The molecule has 128 valence electrons. The summed E-state index contributed by atoms with van der Waals surface area (Å²) < 4.78 is 31.4. The fraction of sp³-hybridized carbons (Fsp3) is 0.500. The standard InChI is InChI=1S/C16H18N2O5S/c19-15-10-23-16(20)18(15)13-8-17(9-13)24(21,22)14-6-5-11-3-1-2-4-12(11)7-14/h5-7,13H,1-4,8-10H2. The lowest BCUT2D eigenvalue weighted by Crippen LogP contribution is -2.62. The number of imide groups is 1. The van der Waals surface area contributed by atoms with Crippen LogP contribution >= 0.6 is 0 Å². The minimum absolute atomic E-state index is 0.125. The topological polar surface area (TPSA) is 84.0 Å². The second-order valence-electron chi connectivity index (χ2n) is 6.43. The molecule has 0 spiro atoms. The van der Waals surface area contributed by atoms with Gasteiger partial charge in [-0.15, -0.1) is 0 Å². The first-order valence-electron chi connectivity index (χ1n) is 8.07. The normalized spacial score (nSPS) is 22.2. The maximum absolute atomic E-state index is 12.7. The number of benzene rings is 1. The molecule has 2 amide bonds. The van der Waals surface area contributed by atoms with Crippen molar-refractivity contribution >= 4 is 22.0 Å². The number of cyclic esters (lactones) is 1. The van der Waals surface area contributed by atoms with Gasteiger partial charge in [-0.2, -0.15) is 4.31 Å². The van der Waals surface area contributed by atoms with Crippen LogP contribution in [0.25, 0.3) is 0 Å². The fourth-order valence-electron chi connectivity index (χ4n) is 3.51. The molecular formula is C16H18N2O5S. The average molecular weight is 350 g/mol. The largest absolute Gasteiger partial charge is 0.439 e. The van der Waals surface area contributed by atoms with Crippen LogP contribution < -0.4 is 0 Å². The number of amides is 2. The summed E-state index contributed by atoms with van der Waals surface area (Å²) in [6.07, 6.45) is 3.46. The highest BCUT2D eigenvalue weighted by Crippen LogP contribution is 2.29. The molecule has 3 aliphatic rings. The number of sulfonamides is 1. The van der Waals surface area contributed by atoms with E-state index in [0.29, 0.717) is 0 Å². The van der Waals surface area contributed by atoms with Gasteiger partial charge in [0.2, 0.25) is 10.0 Å². The van der Waals surface area contributed by atoms with Crippen LogP contribution in [-0.4, -0.2) is 55.4 Å². The minimum atomic E-state index is -3.59. The van der Waals surface area contributed by atoms with E-state index < -0.39 is 28.1 Å². The number of hydrogen-bond acceptors (Lipinski definition) is 5. The van der Waals surface area contributed by atoms with Crippen molar-refractivity contribution in [2.45, 2.75) is 36.6 Å². The average Bonchev–Trinajstić information content (AvgIpc) is 2.85. The highest BCUT2D eigenvalue weighted by atomic mass is 32.2. The van der Waals surface area contributed by atoms with Crippen molar-refractivity contribution in [3.63, 3.8) is 0 Å². The van der Waals surface area contributed by atoms with Crippen LogP contribution in [0, 0.1) is 0 Å². The predicted octanol–water partition coefficient (Wildman–Crippen LogP) is 0.917. The van der Waals surface area contributed by atoms with E-state index in [1.54, 1.807) is 12.1 Å². The maximum Gasteiger partial charge on any atom is 0.417 e. The summed E-state index contributed by atoms with van der Waals surface area (Å²) in [5.41, 5.74) is 2.34. The Morgan fingerprint density at radius 3 is 2.42 bits per heavy atom.